The second kappa shape index (κ2) is 11.4. The van der Waals surface area contributed by atoms with Gasteiger partial charge in [0.1, 0.15) is 23.9 Å². The summed E-state index contributed by atoms with van der Waals surface area (Å²) in [6.45, 7) is -0.331. The number of ether oxygens (including phenoxy) is 2. The molecule has 2 aromatic carbocycles. The Morgan fingerprint density at radius 1 is 0.927 bits per heavy atom. The molecule has 0 saturated heterocycles. The van der Waals surface area contributed by atoms with E-state index < -0.39 is 23.0 Å². The van der Waals surface area contributed by atoms with Crippen LogP contribution in [0, 0.1) is 17.0 Å². The van der Waals surface area contributed by atoms with Gasteiger partial charge < -0.3 is 20.3 Å². The van der Waals surface area contributed by atoms with Crippen molar-refractivity contribution in [2.45, 2.75) is 25.7 Å². The van der Waals surface area contributed by atoms with Gasteiger partial charge in [-0.2, -0.15) is 0 Å². The molecule has 9 nitrogen and oxygen atoms in total. The molecule has 5 rings (SSSR count). The van der Waals surface area contributed by atoms with Crippen LogP contribution in [0.3, 0.4) is 0 Å². The lowest BCUT2D eigenvalue weighted by molar-refractivity contribution is -0.133. The second-order valence-corrected chi connectivity index (χ2v) is 9.75. The number of hydrogen-bond donors (Lipinski definition) is 2. The summed E-state index contributed by atoms with van der Waals surface area (Å²) in [6.07, 6.45) is 3.38. The number of amides is 1. The van der Waals surface area contributed by atoms with Crippen LogP contribution in [0.4, 0.5) is 8.78 Å². The minimum absolute atomic E-state index is 0.0117. The summed E-state index contributed by atoms with van der Waals surface area (Å²) in [5.74, 6) is -2.69. The lowest BCUT2D eigenvalue weighted by atomic mass is 9.88. The van der Waals surface area contributed by atoms with Crippen molar-refractivity contribution >= 4 is 28.4 Å². The van der Waals surface area contributed by atoms with Gasteiger partial charge in [0.2, 0.25) is 0 Å². The maximum absolute atomic E-state index is 15.1. The molecule has 1 amide bonds. The van der Waals surface area contributed by atoms with Crippen molar-refractivity contribution in [3.8, 4) is 17.4 Å². The third kappa shape index (κ3) is 5.90. The average Bonchev–Trinajstić information content (AvgIpc) is 3.77. The third-order valence-corrected chi connectivity index (χ3v) is 6.95. The Morgan fingerprint density at radius 2 is 1.63 bits per heavy atom. The van der Waals surface area contributed by atoms with E-state index in [1.165, 1.54) is 54.9 Å². The van der Waals surface area contributed by atoms with E-state index >= 15 is 4.39 Å². The van der Waals surface area contributed by atoms with Gasteiger partial charge in [0.05, 0.1) is 23.1 Å². The van der Waals surface area contributed by atoms with E-state index in [1.54, 1.807) is 0 Å². The van der Waals surface area contributed by atoms with Crippen LogP contribution < -0.4 is 15.2 Å². The number of halogens is 2. The monoisotopic (exact) mass is 561 g/mol. The lowest BCUT2D eigenvalue weighted by Crippen LogP contribution is -2.29. The summed E-state index contributed by atoms with van der Waals surface area (Å²) < 4.78 is 39.3. The van der Waals surface area contributed by atoms with Gasteiger partial charge in [0.25, 0.3) is 11.8 Å². The largest absolute Gasteiger partial charge is 0.490 e. The Balaban J connectivity index is 1.32. The van der Waals surface area contributed by atoms with Crippen molar-refractivity contribution in [3.63, 3.8) is 0 Å². The SMILES string of the molecule is NC(=O)c1cc2c(Oc3ncc(CC(=O)C4(C(=O)Cc5ccc(F)cc5)CC4)cc3F)ccnc2cc1OCCO. The molecule has 0 bridgehead atoms. The topological polar surface area (TPSA) is 142 Å². The van der Waals surface area contributed by atoms with Crippen LogP contribution in [0.5, 0.6) is 17.4 Å². The first-order valence-electron chi connectivity index (χ1n) is 12.8. The summed E-state index contributed by atoms with van der Waals surface area (Å²) in [5, 5.41) is 9.38. The number of Topliss-reactive ketones (excluding diaryl/α,β-unsaturated/α-hetero) is 2. The number of aliphatic hydroxyl groups excluding tert-OH is 1. The number of primary amides is 1. The minimum Gasteiger partial charge on any atom is -0.490 e. The normalized spacial score (nSPS) is 13.5. The highest BCUT2D eigenvalue weighted by molar-refractivity contribution is 6.11. The number of nitrogens with two attached hydrogens (primary N) is 1. The van der Waals surface area contributed by atoms with Crippen molar-refractivity contribution in [2.75, 3.05) is 13.2 Å². The number of ketones is 2. The number of carbonyl (C=O) groups is 3. The quantitative estimate of drug-likeness (QED) is 0.248. The van der Waals surface area contributed by atoms with E-state index in [1.807, 2.05) is 0 Å². The number of nitrogens with zero attached hydrogens (tertiary/aromatic N) is 2. The number of benzene rings is 2. The first-order valence-corrected chi connectivity index (χ1v) is 12.8. The van der Waals surface area contributed by atoms with Gasteiger partial charge >= 0.3 is 0 Å². The summed E-state index contributed by atoms with van der Waals surface area (Å²) in [4.78, 5) is 46.2. The summed E-state index contributed by atoms with van der Waals surface area (Å²) in [5.41, 5.74) is 5.65. The highest BCUT2D eigenvalue weighted by Gasteiger charge is 2.54. The molecule has 1 aliphatic carbocycles. The summed E-state index contributed by atoms with van der Waals surface area (Å²) in [7, 11) is 0. The first-order chi connectivity index (χ1) is 19.7. The zero-order valence-electron chi connectivity index (χ0n) is 21.7. The first kappa shape index (κ1) is 27.8. The Bertz CT molecular complexity index is 1650. The molecular weight excluding hydrogens is 536 g/mol. The Kier molecular flexibility index (Phi) is 7.71. The Hall–Kier alpha value is -4.77. The molecule has 0 atom stereocenters. The number of pyridine rings is 2. The number of hydrogen-bond acceptors (Lipinski definition) is 8. The van der Waals surface area contributed by atoms with Crippen molar-refractivity contribution in [2.24, 2.45) is 11.1 Å². The molecule has 1 fully saturated rings. The zero-order chi connectivity index (χ0) is 29.1. The molecule has 0 spiro atoms. The Labute approximate surface area is 232 Å². The van der Waals surface area contributed by atoms with Gasteiger partial charge in [-0.15, -0.1) is 0 Å². The molecule has 1 saturated carbocycles. The molecule has 210 valence electrons. The second-order valence-electron chi connectivity index (χ2n) is 9.75. The predicted molar refractivity (Wildman–Crippen MR) is 143 cm³/mol. The van der Waals surface area contributed by atoms with Crippen LogP contribution in [0.2, 0.25) is 0 Å². The van der Waals surface area contributed by atoms with Gasteiger partial charge in [-0.3, -0.25) is 19.4 Å². The lowest BCUT2D eigenvalue weighted by Gasteiger charge is -2.14. The summed E-state index contributed by atoms with van der Waals surface area (Å²) in [6, 6.07) is 11.0. The van der Waals surface area contributed by atoms with Crippen LogP contribution >= 0.6 is 0 Å². The molecule has 0 radical (unpaired) electrons. The maximum Gasteiger partial charge on any atom is 0.255 e. The van der Waals surface area contributed by atoms with Crippen LogP contribution in [0.15, 0.2) is 60.9 Å². The molecule has 0 unspecified atom stereocenters. The third-order valence-electron chi connectivity index (χ3n) is 6.95. The standard InChI is InChI=1S/C30H25F2N3O6/c31-19-3-1-17(2-4-19)12-26(37)30(6-7-30)27(38)13-18-11-22(32)29(35-16-18)41-24-5-8-34-23-15-25(40-10-9-36)21(28(33)39)14-20(23)24/h1-5,8,11,14-16,36H,6-7,9-10,12-13H2,(H2,33,39). The molecule has 11 heteroatoms. The molecule has 0 aliphatic heterocycles. The zero-order valence-corrected chi connectivity index (χ0v) is 21.7. The number of aliphatic hydroxyl groups is 1. The van der Waals surface area contributed by atoms with Crippen LogP contribution in [0.25, 0.3) is 10.9 Å². The molecular formula is C30H25F2N3O6. The van der Waals surface area contributed by atoms with Crippen LogP contribution in [0.1, 0.15) is 34.3 Å². The highest BCUT2D eigenvalue weighted by atomic mass is 19.1. The van der Waals surface area contributed by atoms with Gasteiger partial charge in [-0.25, -0.2) is 13.8 Å². The van der Waals surface area contributed by atoms with Crippen molar-refractivity contribution in [1.82, 2.24) is 9.97 Å². The highest BCUT2D eigenvalue weighted by Crippen LogP contribution is 2.49. The number of rotatable bonds is 12. The molecule has 2 aromatic heterocycles. The van der Waals surface area contributed by atoms with Crippen LogP contribution in [-0.2, 0) is 22.4 Å². The smallest absolute Gasteiger partial charge is 0.255 e. The minimum atomic E-state index is -1.12. The van der Waals surface area contributed by atoms with Gasteiger partial charge in [-0.05, 0) is 54.3 Å². The maximum atomic E-state index is 15.1. The summed E-state index contributed by atoms with van der Waals surface area (Å²) >= 11 is 0. The molecule has 4 aromatic rings. The molecule has 3 N–H and O–H groups in total. The van der Waals surface area contributed by atoms with E-state index in [4.69, 9.17) is 20.3 Å². The van der Waals surface area contributed by atoms with Gasteiger partial charge in [0, 0.05) is 36.7 Å². The number of aromatic nitrogens is 2. The van der Waals surface area contributed by atoms with Crippen molar-refractivity contribution in [1.29, 1.82) is 0 Å². The molecule has 1 aliphatic rings. The fourth-order valence-corrected chi connectivity index (χ4v) is 4.60. The number of carbonyl (C=O) groups excluding carboxylic acids is 3. The van der Waals surface area contributed by atoms with Gasteiger partial charge in [0.15, 0.2) is 17.4 Å². The van der Waals surface area contributed by atoms with Crippen LogP contribution in [-0.4, -0.2) is 45.8 Å². The predicted octanol–water partition coefficient (Wildman–Crippen LogP) is 3.87. The fraction of sp³-hybridized carbons (Fsp3) is 0.233. The molecule has 2 heterocycles. The van der Waals surface area contributed by atoms with Gasteiger partial charge in [-0.1, -0.05) is 12.1 Å². The number of fused-ring (bicyclic) bond motifs is 1. The van der Waals surface area contributed by atoms with E-state index in [-0.39, 0.29) is 66.1 Å². The van der Waals surface area contributed by atoms with E-state index in [2.05, 4.69) is 9.97 Å². The van der Waals surface area contributed by atoms with E-state index in [0.717, 1.165) is 6.07 Å². The average molecular weight is 562 g/mol. The van der Waals surface area contributed by atoms with Crippen molar-refractivity contribution in [3.05, 3.63) is 89.2 Å². The van der Waals surface area contributed by atoms with E-state index in [9.17, 15) is 18.8 Å². The fourth-order valence-electron chi connectivity index (χ4n) is 4.60. The Morgan fingerprint density at radius 3 is 2.27 bits per heavy atom. The van der Waals surface area contributed by atoms with E-state index in [0.29, 0.717) is 29.3 Å². The molecule has 41 heavy (non-hydrogen) atoms. The van der Waals surface area contributed by atoms with Crippen molar-refractivity contribution < 1.29 is 37.7 Å².